The molecular formula is C45H80O6. The summed E-state index contributed by atoms with van der Waals surface area (Å²) in [6.45, 7) is 4.00. The zero-order valence-corrected chi connectivity index (χ0v) is 33.2. The maximum Gasteiger partial charge on any atom is 0.306 e. The van der Waals surface area contributed by atoms with Gasteiger partial charge in [0.15, 0.2) is 6.10 Å². The monoisotopic (exact) mass is 717 g/mol. The number of carbonyl (C=O) groups excluding carboxylic acids is 2. The van der Waals surface area contributed by atoms with Crippen molar-refractivity contribution in [2.45, 2.75) is 212 Å². The number of carbonyl (C=O) groups is 2. The largest absolute Gasteiger partial charge is 0.462 e. The van der Waals surface area contributed by atoms with Crippen molar-refractivity contribution in [3.05, 3.63) is 48.6 Å². The minimum Gasteiger partial charge on any atom is -0.462 e. The van der Waals surface area contributed by atoms with Crippen LogP contribution in [0, 0.1) is 0 Å². The maximum absolute atomic E-state index is 12.2. The first kappa shape index (κ1) is 48.8. The lowest BCUT2D eigenvalue weighted by atomic mass is 10.0. The second-order valence-corrected chi connectivity index (χ2v) is 14.3. The van der Waals surface area contributed by atoms with Crippen LogP contribution in [0.5, 0.6) is 0 Å². The van der Waals surface area contributed by atoms with Crippen LogP contribution >= 0.6 is 0 Å². The summed E-state index contributed by atoms with van der Waals surface area (Å²) in [4.78, 5) is 24.3. The highest BCUT2D eigenvalue weighted by molar-refractivity contribution is 5.70. The molecule has 0 aromatic rings. The van der Waals surface area contributed by atoms with Gasteiger partial charge in [0, 0.05) is 12.8 Å². The zero-order valence-electron chi connectivity index (χ0n) is 33.2. The summed E-state index contributed by atoms with van der Waals surface area (Å²) in [6, 6.07) is 0. The van der Waals surface area contributed by atoms with E-state index in [9.17, 15) is 19.8 Å². The normalized spacial score (nSPS) is 13.3. The molecule has 0 rings (SSSR count). The topological polar surface area (TPSA) is 93.1 Å². The SMILES string of the molecule is CCCCC/C=C\C/C=C\CC(O)/C=C\C=C\CCCC(=O)O[C@@H](CO)COC(=O)CCCCCCCCCCCCCCCCCCCCC. The number of aliphatic hydroxyl groups excluding tert-OH is 2. The molecule has 296 valence electrons. The number of hydrogen-bond donors (Lipinski definition) is 2. The molecule has 0 spiro atoms. The molecule has 0 amide bonds. The van der Waals surface area contributed by atoms with Gasteiger partial charge in [0.05, 0.1) is 12.7 Å². The predicted octanol–water partition coefficient (Wildman–Crippen LogP) is 12.4. The number of esters is 2. The van der Waals surface area contributed by atoms with Gasteiger partial charge in [0.1, 0.15) is 6.61 Å². The Hall–Kier alpha value is -2.18. The van der Waals surface area contributed by atoms with Crippen molar-refractivity contribution < 1.29 is 29.3 Å². The molecule has 0 fully saturated rings. The van der Waals surface area contributed by atoms with Gasteiger partial charge in [-0.15, -0.1) is 0 Å². The molecule has 0 aromatic carbocycles. The highest BCUT2D eigenvalue weighted by Crippen LogP contribution is 2.15. The Bertz CT molecular complexity index is 876. The fraction of sp³-hybridized carbons (Fsp3) is 0.778. The van der Waals surface area contributed by atoms with Gasteiger partial charge in [-0.25, -0.2) is 0 Å². The summed E-state index contributed by atoms with van der Waals surface area (Å²) in [5.74, 6) is -0.716. The molecule has 0 bridgehead atoms. The molecule has 0 heterocycles. The van der Waals surface area contributed by atoms with Crippen molar-refractivity contribution in [1.29, 1.82) is 0 Å². The van der Waals surface area contributed by atoms with E-state index in [1.54, 1.807) is 6.08 Å². The summed E-state index contributed by atoms with van der Waals surface area (Å²) >= 11 is 0. The van der Waals surface area contributed by atoms with Crippen LogP contribution in [-0.4, -0.2) is 47.6 Å². The fourth-order valence-electron chi connectivity index (χ4n) is 5.92. The van der Waals surface area contributed by atoms with Gasteiger partial charge in [-0.05, 0) is 44.9 Å². The van der Waals surface area contributed by atoms with E-state index in [0.29, 0.717) is 25.7 Å². The van der Waals surface area contributed by atoms with Crippen LogP contribution in [0.1, 0.15) is 200 Å². The van der Waals surface area contributed by atoms with Crippen LogP contribution in [0.15, 0.2) is 48.6 Å². The summed E-state index contributed by atoms with van der Waals surface area (Å²) < 4.78 is 10.5. The molecule has 1 unspecified atom stereocenters. The molecule has 0 aliphatic rings. The fourth-order valence-corrected chi connectivity index (χ4v) is 5.92. The van der Waals surface area contributed by atoms with Crippen molar-refractivity contribution in [3.8, 4) is 0 Å². The lowest BCUT2D eigenvalue weighted by molar-refractivity contribution is -0.161. The summed E-state index contributed by atoms with van der Waals surface area (Å²) in [7, 11) is 0. The predicted molar refractivity (Wildman–Crippen MR) is 216 cm³/mol. The van der Waals surface area contributed by atoms with Crippen LogP contribution in [0.25, 0.3) is 0 Å². The Morgan fingerprint density at radius 1 is 0.549 bits per heavy atom. The number of ether oxygens (including phenoxy) is 2. The third-order valence-electron chi connectivity index (χ3n) is 9.21. The Kier molecular flexibility index (Phi) is 38.9. The smallest absolute Gasteiger partial charge is 0.306 e. The lowest BCUT2D eigenvalue weighted by Gasteiger charge is -2.15. The minimum absolute atomic E-state index is 0.113. The molecule has 0 saturated heterocycles. The van der Waals surface area contributed by atoms with E-state index in [2.05, 4.69) is 32.1 Å². The number of rotatable bonds is 38. The third kappa shape index (κ3) is 38.9. The first-order chi connectivity index (χ1) is 25.0. The van der Waals surface area contributed by atoms with Gasteiger partial charge in [-0.3, -0.25) is 9.59 Å². The summed E-state index contributed by atoms with van der Waals surface area (Å²) in [5.41, 5.74) is 0. The van der Waals surface area contributed by atoms with Gasteiger partial charge in [0.25, 0.3) is 0 Å². The molecule has 6 heteroatoms. The second-order valence-electron chi connectivity index (χ2n) is 14.3. The van der Waals surface area contributed by atoms with Crippen molar-refractivity contribution in [1.82, 2.24) is 0 Å². The van der Waals surface area contributed by atoms with Crippen LogP contribution < -0.4 is 0 Å². The summed E-state index contributed by atoms with van der Waals surface area (Å²) in [5, 5.41) is 19.6. The molecule has 0 radical (unpaired) electrons. The van der Waals surface area contributed by atoms with E-state index in [0.717, 1.165) is 32.1 Å². The van der Waals surface area contributed by atoms with Crippen LogP contribution in [0.4, 0.5) is 0 Å². The van der Waals surface area contributed by atoms with E-state index in [4.69, 9.17) is 9.47 Å². The Morgan fingerprint density at radius 3 is 1.61 bits per heavy atom. The van der Waals surface area contributed by atoms with Gasteiger partial charge in [-0.2, -0.15) is 0 Å². The molecule has 2 N–H and O–H groups in total. The highest BCUT2D eigenvalue weighted by Gasteiger charge is 2.16. The summed E-state index contributed by atoms with van der Waals surface area (Å²) in [6.07, 6.45) is 47.8. The number of allylic oxidation sites excluding steroid dienone is 6. The third-order valence-corrected chi connectivity index (χ3v) is 9.21. The molecule has 0 aliphatic carbocycles. The van der Waals surface area contributed by atoms with Crippen molar-refractivity contribution >= 4 is 11.9 Å². The van der Waals surface area contributed by atoms with Gasteiger partial charge >= 0.3 is 11.9 Å². The highest BCUT2D eigenvalue weighted by atomic mass is 16.6. The van der Waals surface area contributed by atoms with E-state index in [1.165, 1.54) is 122 Å². The minimum atomic E-state index is -0.831. The molecule has 6 nitrogen and oxygen atoms in total. The molecule has 0 aliphatic heterocycles. The van der Waals surface area contributed by atoms with Crippen molar-refractivity contribution in [2.75, 3.05) is 13.2 Å². The quantitative estimate of drug-likeness (QED) is 0.0286. The molecular weight excluding hydrogens is 636 g/mol. The first-order valence-corrected chi connectivity index (χ1v) is 21.3. The zero-order chi connectivity index (χ0) is 37.3. The van der Waals surface area contributed by atoms with Crippen LogP contribution in [0.2, 0.25) is 0 Å². The van der Waals surface area contributed by atoms with Gasteiger partial charge in [-0.1, -0.05) is 191 Å². The van der Waals surface area contributed by atoms with E-state index in [1.807, 2.05) is 24.3 Å². The van der Waals surface area contributed by atoms with E-state index >= 15 is 0 Å². The molecule has 2 atom stereocenters. The first-order valence-electron chi connectivity index (χ1n) is 21.3. The molecule has 51 heavy (non-hydrogen) atoms. The average molecular weight is 717 g/mol. The number of hydrogen-bond acceptors (Lipinski definition) is 6. The van der Waals surface area contributed by atoms with Crippen molar-refractivity contribution in [2.24, 2.45) is 0 Å². The average Bonchev–Trinajstić information content (AvgIpc) is 3.13. The van der Waals surface area contributed by atoms with Crippen molar-refractivity contribution in [3.63, 3.8) is 0 Å². The lowest BCUT2D eigenvalue weighted by Crippen LogP contribution is -2.28. The Morgan fingerprint density at radius 2 is 1.04 bits per heavy atom. The molecule has 0 saturated carbocycles. The Balaban J connectivity index is 3.68. The van der Waals surface area contributed by atoms with Gasteiger partial charge in [0.2, 0.25) is 0 Å². The van der Waals surface area contributed by atoms with Crippen LogP contribution in [0.3, 0.4) is 0 Å². The maximum atomic E-state index is 12.2. The van der Waals surface area contributed by atoms with E-state index in [-0.39, 0.29) is 25.6 Å². The van der Waals surface area contributed by atoms with Gasteiger partial charge < -0.3 is 19.7 Å². The molecule has 0 aromatic heterocycles. The number of aliphatic hydroxyl groups is 2. The standard InChI is InChI=1S/C45H80O6/c1-3-5-7-9-11-13-14-15-16-17-18-19-20-21-22-24-26-30-34-38-44(48)50-41-43(40-46)51-45(49)39-35-31-27-29-33-37-42(47)36-32-28-25-23-12-10-8-6-4-2/h12,23,27-29,32-33,37,42-43,46-47H,3-11,13-22,24-26,30-31,34-36,38-41H2,1-2H3/b23-12-,29-27+,32-28-,37-33-/t42?,43-/m0/s1. The van der Waals surface area contributed by atoms with Crippen LogP contribution in [-0.2, 0) is 19.1 Å². The number of unbranched alkanes of at least 4 members (excludes halogenated alkanes) is 22. The van der Waals surface area contributed by atoms with E-state index < -0.39 is 18.2 Å². The second kappa shape index (κ2) is 40.6. The Labute approximate surface area is 314 Å².